The quantitative estimate of drug-likeness (QED) is 0.693. The van der Waals surface area contributed by atoms with Crippen molar-refractivity contribution in [3.05, 3.63) is 0 Å². The second-order valence-corrected chi connectivity index (χ2v) is 3.94. The lowest BCUT2D eigenvalue weighted by atomic mass is 9.95. The summed E-state index contributed by atoms with van der Waals surface area (Å²) in [6.07, 6.45) is 4.30. The van der Waals surface area contributed by atoms with Crippen LogP contribution in [0.1, 0.15) is 25.7 Å². The summed E-state index contributed by atoms with van der Waals surface area (Å²) in [6.45, 7) is 0. The molecular formula is C8H13Cl2NO. The Hall–Kier alpha value is 0.0500. The van der Waals surface area contributed by atoms with E-state index in [0.717, 1.165) is 19.3 Å². The molecule has 1 amide bonds. The molecule has 0 aliphatic heterocycles. The molecule has 1 N–H and O–H groups in total. The summed E-state index contributed by atoms with van der Waals surface area (Å²) in [4.78, 5) is 10.9. The van der Waals surface area contributed by atoms with Gasteiger partial charge in [0.05, 0.1) is 5.38 Å². The number of carbonyl (C=O) groups is 1. The molecule has 0 heterocycles. The van der Waals surface area contributed by atoms with E-state index in [9.17, 15) is 4.79 Å². The Labute approximate surface area is 82.6 Å². The highest BCUT2D eigenvalue weighted by Crippen LogP contribution is 2.22. The summed E-state index contributed by atoms with van der Waals surface area (Å²) >= 11 is 11.4. The van der Waals surface area contributed by atoms with Crippen molar-refractivity contribution in [2.75, 3.05) is 5.88 Å². The van der Waals surface area contributed by atoms with Gasteiger partial charge in [0, 0.05) is 6.04 Å². The Balaban J connectivity index is 2.33. The second kappa shape index (κ2) is 4.93. The van der Waals surface area contributed by atoms with Gasteiger partial charge >= 0.3 is 0 Å². The van der Waals surface area contributed by atoms with Gasteiger partial charge in [0.25, 0.3) is 0 Å². The number of carbonyl (C=O) groups excluding carboxylic acids is 1. The first-order chi connectivity index (χ1) is 5.74. The molecule has 0 aromatic heterocycles. The van der Waals surface area contributed by atoms with Crippen molar-refractivity contribution in [1.82, 2.24) is 5.32 Å². The van der Waals surface area contributed by atoms with Gasteiger partial charge in [0.2, 0.25) is 5.91 Å². The number of halogens is 2. The Kier molecular flexibility index (Phi) is 4.16. The Morgan fingerprint density at radius 3 is 2.67 bits per heavy atom. The van der Waals surface area contributed by atoms with Crippen molar-refractivity contribution < 1.29 is 4.79 Å². The molecule has 2 unspecified atom stereocenters. The highest BCUT2D eigenvalue weighted by molar-refractivity contribution is 6.27. The third kappa shape index (κ3) is 2.83. The van der Waals surface area contributed by atoms with Crippen molar-refractivity contribution in [3.8, 4) is 0 Å². The van der Waals surface area contributed by atoms with Crippen molar-refractivity contribution in [2.24, 2.45) is 0 Å². The Morgan fingerprint density at radius 1 is 1.42 bits per heavy atom. The summed E-state index contributed by atoms with van der Waals surface area (Å²) in [5.41, 5.74) is 0. The van der Waals surface area contributed by atoms with Gasteiger partial charge in [0.1, 0.15) is 5.88 Å². The van der Waals surface area contributed by atoms with E-state index in [1.807, 2.05) is 0 Å². The highest BCUT2D eigenvalue weighted by Gasteiger charge is 2.23. The summed E-state index contributed by atoms with van der Waals surface area (Å²) in [7, 11) is 0. The fourth-order valence-corrected chi connectivity index (χ4v) is 1.91. The van der Waals surface area contributed by atoms with E-state index in [0.29, 0.717) is 0 Å². The first-order valence-electron chi connectivity index (χ1n) is 4.23. The van der Waals surface area contributed by atoms with Crippen LogP contribution in [0.5, 0.6) is 0 Å². The minimum absolute atomic E-state index is 0.0279. The number of hydrogen-bond donors (Lipinski definition) is 1. The van der Waals surface area contributed by atoms with Gasteiger partial charge in [-0.05, 0) is 12.8 Å². The van der Waals surface area contributed by atoms with Gasteiger partial charge in [-0.3, -0.25) is 4.79 Å². The van der Waals surface area contributed by atoms with Gasteiger partial charge < -0.3 is 5.32 Å². The molecule has 0 aromatic carbocycles. The maximum absolute atomic E-state index is 10.9. The largest absolute Gasteiger partial charge is 0.351 e. The summed E-state index contributed by atoms with van der Waals surface area (Å²) in [6, 6.07) is 0.131. The first kappa shape index (κ1) is 10.1. The molecule has 0 spiro atoms. The van der Waals surface area contributed by atoms with E-state index in [-0.39, 0.29) is 23.2 Å². The van der Waals surface area contributed by atoms with E-state index < -0.39 is 0 Å². The van der Waals surface area contributed by atoms with Crippen LogP contribution in [0.25, 0.3) is 0 Å². The highest BCUT2D eigenvalue weighted by atomic mass is 35.5. The van der Waals surface area contributed by atoms with Crippen LogP contribution in [0.4, 0.5) is 0 Å². The number of hydrogen-bond acceptors (Lipinski definition) is 1. The predicted molar refractivity (Wildman–Crippen MR) is 50.8 cm³/mol. The molecule has 70 valence electrons. The predicted octanol–water partition coefficient (Wildman–Crippen LogP) is 1.89. The lowest BCUT2D eigenvalue weighted by molar-refractivity contribution is -0.119. The summed E-state index contributed by atoms with van der Waals surface area (Å²) < 4.78 is 0. The number of rotatable bonds is 2. The monoisotopic (exact) mass is 209 g/mol. The van der Waals surface area contributed by atoms with Crippen molar-refractivity contribution in [2.45, 2.75) is 37.1 Å². The van der Waals surface area contributed by atoms with E-state index >= 15 is 0 Å². The molecule has 2 atom stereocenters. The minimum atomic E-state index is -0.116. The minimum Gasteiger partial charge on any atom is -0.351 e. The normalized spacial score (nSPS) is 29.8. The van der Waals surface area contributed by atoms with Crippen LogP contribution < -0.4 is 5.32 Å². The van der Waals surface area contributed by atoms with Gasteiger partial charge in [-0.15, -0.1) is 23.2 Å². The number of nitrogens with one attached hydrogen (secondary N) is 1. The second-order valence-electron chi connectivity index (χ2n) is 3.11. The zero-order valence-corrected chi connectivity index (χ0v) is 8.37. The Bertz CT molecular complexity index is 163. The molecule has 1 fully saturated rings. The topological polar surface area (TPSA) is 29.1 Å². The lowest BCUT2D eigenvalue weighted by Gasteiger charge is -2.27. The third-order valence-electron chi connectivity index (χ3n) is 2.15. The maximum Gasteiger partial charge on any atom is 0.235 e. The molecule has 4 heteroatoms. The number of amides is 1. The molecular weight excluding hydrogens is 197 g/mol. The molecule has 0 bridgehead atoms. The van der Waals surface area contributed by atoms with E-state index in [1.54, 1.807) is 0 Å². The molecule has 0 radical (unpaired) electrons. The van der Waals surface area contributed by atoms with Gasteiger partial charge in [0.15, 0.2) is 0 Å². The molecule has 2 nitrogen and oxygen atoms in total. The van der Waals surface area contributed by atoms with Crippen LogP contribution in [0.3, 0.4) is 0 Å². The van der Waals surface area contributed by atoms with Crippen LogP contribution in [-0.2, 0) is 4.79 Å². The number of alkyl halides is 2. The van der Waals surface area contributed by atoms with E-state index in [1.165, 1.54) is 6.42 Å². The lowest BCUT2D eigenvalue weighted by Crippen LogP contribution is -2.43. The van der Waals surface area contributed by atoms with Crippen LogP contribution >= 0.6 is 23.2 Å². The molecule has 0 aromatic rings. The average Bonchev–Trinajstić information content (AvgIpc) is 2.09. The zero-order chi connectivity index (χ0) is 8.97. The van der Waals surface area contributed by atoms with Crippen molar-refractivity contribution >= 4 is 29.1 Å². The average molecular weight is 210 g/mol. The molecule has 1 saturated carbocycles. The van der Waals surface area contributed by atoms with Crippen LogP contribution in [0.15, 0.2) is 0 Å². The molecule has 12 heavy (non-hydrogen) atoms. The summed E-state index contributed by atoms with van der Waals surface area (Å²) in [5, 5.41) is 2.90. The van der Waals surface area contributed by atoms with Crippen LogP contribution in [-0.4, -0.2) is 23.2 Å². The first-order valence-corrected chi connectivity index (χ1v) is 5.20. The van der Waals surface area contributed by atoms with E-state index in [4.69, 9.17) is 23.2 Å². The fraction of sp³-hybridized carbons (Fsp3) is 0.875. The van der Waals surface area contributed by atoms with Crippen molar-refractivity contribution in [3.63, 3.8) is 0 Å². The standard InChI is InChI=1S/C8H13Cl2NO/c9-5-8(12)11-7-4-2-1-3-6(7)10/h6-7H,1-5H2,(H,11,12). The van der Waals surface area contributed by atoms with Crippen LogP contribution in [0.2, 0.25) is 0 Å². The molecule has 1 aliphatic rings. The molecule has 1 aliphatic carbocycles. The Morgan fingerprint density at radius 2 is 2.08 bits per heavy atom. The van der Waals surface area contributed by atoms with E-state index in [2.05, 4.69) is 5.32 Å². The SMILES string of the molecule is O=C(CCl)NC1CCCCC1Cl. The molecule has 0 saturated heterocycles. The van der Waals surface area contributed by atoms with Gasteiger partial charge in [-0.1, -0.05) is 12.8 Å². The molecule has 1 rings (SSSR count). The van der Waals surface area contributed by atoms with Crippen LogP contribution in [0, 0.1) is 0 Å². The third-order valence-corrected chi connectivity index (χ3v) is 2.91. The van der Waals surface area contributed by atoms with Gasteiger partial charge in [-0.2, -0.15) is 0 Å². The maximum atomic E-state index is 10.9. The zero-order valence-electron chi connectivity index (χ0n) is 6.85. The smallest absolute Gasteiger partial charge is 0.235 e. The fourth-order valence-electron chi connectivity index (χ4n) is 1.49. The summed E-state index contributed by atoms with van der Waals surface area (Å²) in [5.74, 6) is -0.0886. The van der Waals surface area contributed by atoms with Crippen molar-refractivity contribution in [1.29, 1.82) is 0 Å². The van der Waals surface area contributed by atoms with Gasteiger partial charge in [-0.25, -0.2) is 0 Å².